The number of likely N-dealkylation sites (tertiary alicyclic amines) is 1. The molecular weight excluding hydrogens is 366 g/mol. The van der Waals surface area contributed by atoms with E-state index in [2.05, 4.69) is 10.6 Å². The van der Waals surface area contributed by atoms with Crippen LogP contribution < -0.4 is 20.3 Å². The Morgan fingerprint density at radius 1 is 1.10 bits per heavy atom. The quantitative estimate of drug-likeness (QED) is 0.519. The fourth-order valence-electron chi connectivity index (χ4n) is 3.75. The summed E-state index contributed by atoms with van der Waals surface area (Å²) in [6.07, 6.45) is 5.32. The van der Waals surface area contributed by atoms with Gasteiger partial charge in [-0.2, -0.15) is 0 Å². The first kappa shape index (κ1) is 19.2. The molecule has 3 N–H and O–H groups in total. The van der Waals surface area contributed by atoms with Gasteiger partial charge in [-0.25, -0.2) is 0 Å². The SMILES string of the molecule is O=C1Nc2ccccc2OC1=Cc1ccc(C(=O)NCCC[NH+]2CCCC2)cc1. The normalized spacial score (nSPS) is 17.5. The van der Waals surface area contributed by atoms with E-state index >= 15 is 0 Å². The lowest BCUT2D eigenvalue weighted by Gasteiger charge is -2.19. The van der Waals surface area contributed by atoms with Gasteiger partial charge in [-0.1, -0.05) is 24.3 Å². The van der Waals surface area contributed by atoms with Gasteiger partial charge < -0.3 is 20.3 Å². The predicted octanol–water partition coefficient (Wildman–Crippen LogP) is 1.86. The Morgan fingerprint density at radius 2 is 1.86 bits per heavy atom. The maximum atomic E-state index is 12.3. The molecule has 2 aliphatic heterocycles. The van der Waals surface area contributed by atoms with Crippen LogP contribution in [0, 0.1) is 0 Å². The molecule has 0 unspecified atom stereocenters. The van der Waals surface area contributed by atoms with Gasteiger partial charge in [-0.05, 0) is 35.9 Å². The van der Waals surface area contributed by atoms with Crippen LogP contribution in [0.25, 0.3) is 6.08 Å². The van der Waals surface area contributed by atoms with E-state index in [4.69, 9.17) is 4.74 Å². The number of amides is 2. The van der Waals surface area contributed by atoms with E-state index in [1.54, 1.807) is 35.2 Å². The van der Waals surface area contributed by atoms with Crippen LogP contribution in [0.1, 0.15) is 35.2 Å². The highest BCUT2D eigenvalue weighted by Gasteiger charge is 2.21. The highest BCUT2D eigenvalue weighted by molar-refractivity contribution is 6.08. The van der Waals surface area contributed by atoms with Crippen molar-refractivity contribution in [1.82, 2.24) is 5.32 Å². The smallest absolute Gasteiger partial charge is 0.291 e. The highest BCUT2D eigenvalue weighted by Crippen LogP contribution is 2.30. The van der Waals surface area contributed by atoms with Crippen LogP contribution in [0.3, 0.4) is 0 Å². The summed E-state index contributed by atoms with van der Waals surface area (Å²) in [5, 5.41) is 5.80. The molecule has 0 bridgehead atoms. The van der Waals surface area contributed by atoms with E-state index in [-0.39, 0.29) is 17.6 Å². The first-order chi connectivity index (χ1) is 14.2. The van der Waals surface area contributed by atoms with Gasteiger partial charge in [-0.3, -0.25) is 9.59 Å². The second kappa shape index (κ2) is 8.92. The largest absolute Gasteiger partial charge is 0.449 e. The lowest BCUT2D eigenvalue weighted by Crippen LogP contribution is -3.10. The summed E-state index contributed by atoms with van der Waals surface area (Å²) in [5.41, 5.74) is 2.07. The number of para-hydroxylation sites is 2. The molecule has 2 aromatic rings. The number of hydrogen-bond donors (Lipinski definition) is 3. The topological polar surface area (TPSA) is 71.9 Å². The van der Waals surface area contributed by atoms with Crippen molar-refractivity contribution in [1.29, 1.82) is 0 Å². The zero-order chi connectivity index (χ0) is 20.1. The van der Waals surface area contributed by atoms with E-state index in [0.717, 1.165) is 18.5 Å². The Hall–Kier alpha value is -3.12. The standard InChI is InChI=1S/C23H25N3O3/c27-22(24-12-5-15-26-13-3-4-14-26)18-10-8-17(9-11-18)16-21-23(28)25-19-6-1-2-7-20(19)29-21/h1-2,6-11,16H,3-5,12-15H2,(H,24,27)(H,25,28)/p+1. The molecule has 6 heteroatoms. The predicted molar refractivity (Wildman–Crippen MR) is 112 cm³/mol. The molecule has 0 aromatic heterocycles. The Labute approximate surface area is 170 Å². The van der Waals surface area contributed by atoms with Crippen LogP contribution in [0.15, 0.2) is 54.3 Å². The molecule has 1 saturated heterocycles. The molecule has 2 amide bonds. The Morgan fingerprint density at radius 3 is 2.66 bits per heavy atom. The van der Waals surface area contributed by atoms with Crippen molar-refractivity contribution >= 4 is 23.6 Å². The number of anilines is 1. The molecule has 0 aliphatic carbocycles. The summed E-state index contributed by atoms with van der Waals surface area (Å²) in [4.78, 5) is 26.2. The van der Waals surface area contributed by atoms with Crippen molar-refractivity contribution in [2.45, 2.75) is 19.3 Å². The number of carbonyl (C=O) groups excluding carboxylic acids is 2. The minimum atomic E-state index is -0.286. The van der Waals surface area contributed by atoms with E-state index < -0.39 is 0 Å². The van der Waals surface area contributed by atoms with Crippen LogP contribution >= 0.6 is 0 Å². The van der Waals surface area contributed by atoms with Gasteiger partial charge in [0.2, 0.25) is 0 Å². The maximum Gasteiger partial charge on any atom is 0.291 e. The number of carbonyl (C=O) groups is 2. The van der Waals surface area contributed by atoms with Crippen molar-refractivity contribution in [3.8, 4) is 5.75 Å². The van der Waals surface area contributed by atoms with Gasteiger partial charge in [0.05, 0.1) is 25.3 Å². The number of fused-ring (bicyclic) bond motifs is 1. The number of benzene rings is 2. The van der Waals surface area contributed by atoms with Gasteiger partial charge in [0.25, 0.3) is 11.8 Å². The number of rotatable bonds is 6. The van der Waals surface area contributed by atoms with Crippen LogP contribution in [0.2, 0.25) is 0 Å². The average molecular weight is 392 g/mol. The number of hydrogen-bond acceptors (Lipinski definition) is 3. The Bertz CT molecular complexity index is 915. The average Bonchev–Trinajstić information content (AvgIpc) is 3.26. The molecule has 2 aromatic carbocycles. The zero-order valence-corrected chi connectivity index (χ0v) is 16.4. The van der Waals surface area contributed by atoms with Crippen LogP contribution in [0.4, 0.5) is 5.69 Å². The molecule has 150 valence electrons. The minimum Gasteiger partial charge on any atom is -0.449 e. The monoisotopic (exact) mass is 392 g/mol. The van der Waals surface area contributed by atoms with Crippen molar-refractivity contribution in [2.75, 3.05) is 31.5 Å². The first-order valence-corrected chi connectivity index (χ1v) is 10.2. The van der Waals surface area contributed by atoms with Gasteiger partial charge >= 0.3 is 0 Å². The summed E-state index contributed by atoms with van der Waals surface area (Å²) in [7, 11) is 0. The molecule has 0 spiro atoms. The van der Waals surface area contributed by atoms with Gasteiger partial charge in [-0.15, -0.1) is 0 Å². The summed E-state index contributed by atoms with van der Waals surface area (Å²) >= 11 is 0. The summed E-state index contributed by atoms with van der Waals surface area (Å²) < 4.78 is 5.70. The first-order valence-electron chi connectivity index (χ1n) is 10.2. The molecule has 4 rings (SSSR count). The van der Waals surface area contributed by atoms with Crippen molar-refractivity contribution in [3.05, 3.63) is 65.4 Å². The molecule has 0 saturated carbocycles. The van der Waals surface area contributed by atoms with Crippen molar-refractivity contribution in [3.63, 3.8) is 0 Å². The zero-order valence-electron chi connectivity index (χ0n) is 16.4. The van der Waals surface area contributed by atoms with Gasteiger partial charge in [0.15, 0.2) is 11.5 Å². The number of nitrogens with one attached hydrogen (secondary N) is 3. The maximum absolute atomic E-state index is 12.3. The highest BCUT2D eigenvalue weighted by atomic mass is 16.5. The minimum absolute atomic E-state index is 0.0683. The fourth-order valence-corrected chi connectivity index (χ4v) is 3.75. The second-order valence-electron chi connectivity index (χ2n) is 7.50. The third kappa shape index (κ3) is 4.84. The van der Waals surface area contributed by atoms with E-state index in [9.17, 15) is 9.59 Å². The summed E-state index contributed by atoms with van der Waals surface area (Å²) in [5.74, 6) is 0.488. The molecule has 1 fully saturated rings. The van der Waals surface area contributed by atoms with Crippen molar-refractivity contribution < 1.29 is 19.2 Å². The third-order valence-corrected chi connectivity index (χ3v) is 5.35. The number of quaternary nitrogens is 1. The third-order valence-electron chi connectivity index (χ3n) is 5.35. The Kier molecular flexibility index (Phi) is 5.91. The van der Waals surface area contributed by atoms with E-state index in [1.807, 2.05) is 24.3 Å². The molecule has 6 nitrogen and oxygen atoms in total. The summed E-state index contributed by atoms with van der Waals surface area (Å²) in [6.45, 7) is 4.34. The molecular formula is C23H26N3O3+. The summed E-state index contributed by atoms with van der Waals surface area (Å²) in [6, 6.07) is 14.5. The molecule has 2 aliphatic rings. The molecule has 29 heavy (non-hydrogen) atoms. The van der Waals surface area contributed by atoms with E-state index in [0.29, 0.717) is 23.5 Å². The van der Waals surface area contributed by atoms with Crippen LogP contribution in [0.5, 0.6) is 5.75 Å². The lowest BCUT2D eigenvalue weighted by atomic mass is 10.1. The molecule has 2 heterocycles. The van der Waals surface area contributed by atoms with Gasteiger partial charge in [0.1, 0.15) is 0 Å². The molecule has 0 atom stereocenters. The number of ether oxygens (including phenoxy) is 1. The van der Waals surface area contributed by atoms with Crippen molar-refractivity contribution in [2.24, 2.45) is 0 Å². The fraction of sp³-hybridized carbons (Fsp3) is 0.304. The second-order valence-corrected chi connectivity index (χ2v) is 7.50. The van der Waals surface area contributed by atoms with Crippen LogP contribution in [-0.2, 0) is 4.79 Å². The Balaban J connectivity index is 1.32. The lowest BCUT2D eigenvalue weighted by molar-refractivity contribution is -0.887. The van der Waals surface area contributed by atoms with Gasteiger partial charge in [0, 0.05) is 31.4 Å². The van der Waals surface area contributed by atoms with E-state index in [1.165, 1.54) is 25.9 Å². The van der Waals surface area contributed by atoms with Crippen LogP contribution in [-0.4, -0.2) is 38.0 Å². The molecule has 0 radical (unpaired) electrons.